The highest BCUT2D eigenvalue weighted by Gasteiger charge is 2.42. The quantitative estimate of drug-likeness (QED) is 0.215. The van der Waals surface area contributed by atoms with E-state index in [-0.39, 0.29) is 6.54 Å². The van der Waals surface area contributed by atoms with Crippen LogP contribution in [0.2, 0.25) is 0 Å². The Morgan fingerprint density at radius 3 is 2.56 bits per heavy atom. The molecule has 1 N–H and O–H groups in total. The molecule has 3 heterocycles. The van der Waals surface area contributed by atoms with Crippen molar-refractivity contribution in [3.63, 3.8) is 0 Å². The van der Waals surface area contributed by atoms with Crippen LogP contribution >= 0.6 is 0 Å². The molecular formula is C29H31F3N6O4S. The third-order valence-electron chi connectivity index (χ3n) is 7.10. The number of ether oxygens (including phenoxy) is 2. The molecule has 1 aliphatic rings. The summed E-state index contributed by atoms with van der Waals surface area (Å²) in [6, 6.07) is 17.1. The van der Waals surface area contributed by atoms with Gasteiger partial charge in [-0.15, -0.1) is 5.10 Å². The van der Waals surface area contributed by atoms with Crippen molar-refractivity contribution in [3.8, 4) is 17.0 Å². The predicted molar refractivity (Wildman–Crippen MR) is 157 cm³/mol. The molecule has 2 atom stereocenters. The first-order valence-electron chi connectivity index (χ1n) is 13.5. The summed E-state index contributed by atoms with van der Waals surface area (Å²) in [6.07, 6.45) is -2.52. The Morgan fingerprint density at radius 2 is 1.86 bits per heavy atom. The average Bonchev–Trinajstić information content (AvgIpc) is 3.40. The fourth-order valence-electron chi connectivity index (χ4n) is 5.03. The molecule has 10 nitrogen and oxygen atoms in total. The van der Waals surface area contributed by atoms with E-state index in [0.717, 1.165) is 22.5 Å². The number of nitrogens with one attached hydrogen (secondary N) is 1. The molecule has 1 saturated heterocycles. The molecule has 5 rings (SSSR count). The number of fused-ring (bicyclic) bond motifs is 1. The molecule has 1 fully saturated rings. The molecule has 1 unspecified atom stereocenters. The van der Waals surface area contributed by atoms with E-state index >= 15 is 0 Å². The molecule has 1 aliphatic heterocycles. The molecular weight excluding hydrogens is 585 g/mol. The Kier molecular flexibility index (Phi) is 8.99. The molecule has 14 heteroatoms. The lowest BCUT2D eigenvalue weighted by atomic mass is 10.1. The molecule has 43 heavy (non-hydrogen) atoms. The van der Waals surface area contributed by atoms with Gasteiger partial charge in [-0.05, 0) is 54.5 Å². The maximum Gasteiger partial charge on any atom is 0.490 e. The van der Waals surface area contributed by atoms with Crippen LogP contribution < -0.4 is 15.0 Å². The number of hydrogen-bond donors (Lipinski definition) is 1. The summed E-state index contributed by atoms with van der Waals surface area (Å²) in [6.45, 7) is 4.14. The smallest absolute Gasteiger partial charge is 0.490 e. The maximum absolute atomic E-state index is 12.5. The number of nitrogens with zero attached hydrogens (tertiary/aromatic N) is 5. The Balaban J connectivity index is 1.26. The molecule has 2 aromatic heterocycles. The lowest BCUT2D eigenvalue weighted by molar-refractivity contribution is -0.204. The standard InChI is InChI=1S/C29H31F3N6O4S/c1-19(42-27(39)29(30,31)32)18-36-12-14-37(15-13-36)20-8-10-23(25(16-20)41-2)34-28-33-17-21-9-11-24(38(21)35-28)22-6-4-5-7-26(22)43(3)40/h4-11,16-17,19H,12-15,18H2,1-3H3,(H,34,35)/t19-,43?/m0/s1. The fraction of sp³-hybridized carbons (Fsp3) is 0.345. The van der Waals surface area contributed by atoms with Crippen molar-refractivity contribution in [1.29, 1.82) is 0 Å². The molecule has 4 aromatic rings. The number of benzene rings is 2. The van der Waals surface area contributed by atoms with Crippen LogP contribution in [0.3, 0.4) is 0 Å². The summed E-state index contributed by atoms with van der Waals surface area (Å²) in [4.78, 5) is 20.4. The first-order chi connectivity index (χ1) is 20.5. The van der Waals surface area contributed by atoms with Crippen LogP contribution in [0.15, 0.2) is 65.7 Å². The van der Waals surface area contributed by atoms with Crippen LogP contribution in [-0.4, -0.2) is 88.4 Å². The van der Waals surface area contributed by atoms with Gasteiger partial charge in [0, 0.05) is 44.5 Å². The number of halogens is 3. The highest BCUT2D eigenvalue weighted by atomic mass is 32.2. The minimum absolute atomic E-state index is 0.219. The summed E-state index contributed by atoms with van der Waals surface area (Å²) in [7, 11) is 1.57. The maximum atomic E-state index is 12.5. The van der Waals surface area contributed by atoms with Crippen LogP contribution in [0.4, 0.5) is 30.5 Å². The van der Waals surface area contributed by atoms with Crippen molar-refractivity contribution in [2.45, 2.75) is 24.1 Å². The van der Waals surface area contributed by atoms with Crippen molar-refractivity contribution in [1.82, 2.24) is 19.5 Å². The highest BCUT2D eigenvalue weighted by Crippen LogP contribution is 2.33. The highest BCUT2D eigenvalue weighted by molar-refractivity contribution is 7.90. The minimum atomic E-state index is -5.00. The summed E-state index contributed by atoms with van der Waals surface area (Å²) >= 11 is -1.17. The monoisotopic (exact) mass is 616 g/mol. The summed E-state index contributed by atoms with van der Waals surface area (Å²) in [5.41, 5.74) is 3.99. The van der Waals surface area contributed by atoms with Gasteiger partial charge in [0.05, 0.1) is 35.8 Å². The van der Waals surface area contributed by atoms with Gasteiger partial charge in [0.15, 0.2) is 4.90 Å². The first kappa shape index (κ1) is 30.4. The van der Waals surface area contributed by atoms with Crippen LogP contribution in [0.5, 0.6) is 5.75 Å². The summed E-state index contributed by atoms with van der Waals surface area (Å²) < 4.78 is 61.7. The van der Waals surface area contributed by atoms with Crippen LogP contribution in [0.1, 0.15) is 6.92 Å². The number of alkyl halides is 3. The number of aromatic nitrogens is 3. The number of carbonyl (C=O) groups excluding carboxylic acids is 1. The van der Waals surface area contributed by atoms with Crippen molar-refractivity contribution >= 4 is 40.0 Å². The van der Waals surface area contributed by atoms with Crippen molar-refractivity contribution < 1.29 is 32.0 Å². The SMILES string of the molecule is COc1cc(N2CCN(C[C@H](C)OC(=O)C(F)(F)F)CC2)ccc1Nc1ncc2ccc(-c3ccccc3[S+](C)[O-])n2n1. The largest absolute Gasteiger partial charge is 0.612 e. The van der Waals surface area contributed by atoms with E-state index in [4.69, 9.17) is 4.74 Å². The number of carbonyl (C=O) groups is 1. The molecule has 0 saturated carbocycles. The zero-order chi connectivity index (χ0) is 30.7. The second kappa shape index (κ2) is 12.7. The number of methoxy groups -OCH3 is 1. The van der Waals surface area contributed by atoms with Crippen LogP contribution in [-0.2, 0) is 20.7 Å². The first-order valence-corrected chi connectivity index (χ1v) is 15.1. The van der Waals surface area contributed by atoms with E-state index in [1.165, 1.54) is 6.92 Å². The van der Waals surface area contributed by atoms with Crippen LogP contribution in [0.25, 0.3) is 16.8 Å². The molecule has 0 bridgehead atoms. The van der Waals surface area contributed by atoms with E-state index < -0.39 is 29.4 Å². The lowest BCUT2D eigenvalue weighted by Gasteiger charge is -2.37. The van der Waals surface area contributed by atoms with Gasteiger partial charge >= 0.3 is 12.1 Å². The third kappa shape index (κ3) is 6.98. The predicted octanol–water partition coefficient (Wildman–Crippen LogP) is 4.50. The summed E-state index contributed by atoms with van der Waals surface area (Å²) in [5, 5.41) is 7.92. The van der Waals surface area contributed by atoms with E-state index in [2.05, 4.69) is 25.0 Å². The van der Waals surface area contributed by atoms with Crippen molar-refractivity contribution in [2.75, 3.05) is 56.3 Å². The van der Waals surface area contributed by atoms with E-state index in [9.17, 15) is 22.5 Å². The number of rotatable bonds is 9. The Hall–Kier alpha value is -4.01. The van der Waals surface area contributed by atoms with Crippen LogP contribution in [0, 0.1) is 0 Å². The van der Waals surface area contributed by atoms with Gasteiger partial charge in [-0.3, -0.25) is 4.90 Å². The Labute approximate surface area is 249 Å². The van der Waals surface area contributed by atoms with E-state index in [1.807, 2.05) is 59.5 Å². The zero-order valence-electron chi connectivity index (χ0n) is 23.8. The van der Waals surface area contributed by atoms with Gasteiger partial charge in [0.2, 0.25) is 5.95 Å². The van der Waals surface area contributed by atoms with Gasteiger partial charge in [-0.25, -0.2) is 14.3 Å². The lowest BCUT2D eigenvalue weighted by Crippen LogP contribution is -2.49. The van der Waals surface area contributed by atoms with Gasteiger partial charge in [0.1, 0.15) is 18.1 Å². The average molecular weight is 617 g/mol. The Bertz CT molecular complexity index is 1590. The normalized spacial score (nSPS) is 15.7. The topological polar surface area (TPSA) is 107 Å². The summed E-state index contributed by atoms with van der Waals surface area (Å²) in [5.74, 6) is -1.24. The molecule has 228 valence electrons. The number of esters is 1. The molecule has 0 aliphatic carbocycles. The number of piperazine rings is 1. The zero-order valence-corrected chi connectivity index (χ0v) is 24.6. The third-order valence-corrected chi connectivity index (χ3v) is 8.07. The van der Waals surface area contributed by atoms with E-state index in [1.54, 1.807) is 24.1 Å². The molecule has 0 amide bonds. The minimum Gasteiger partial charge on any atom is -0.612 e. The molecule has 0 radical (unpaired) electrons. The Morgan fingerprint density at radius 1 is 1.12 bits per heavy atom. The van der Waals surface area contributed by atoms with Gasteiger partial charge in [-0.1, -0.05) is 12.1 Å². The second-order valence-electron chi connectivity index (χ2n) is 10.1. The fourth-order valence-corrected chi connectivity index (χ4v) is 5.78. The number of anilines is 3. The molecule has 2 aromatic carbocycles. The van der Waals surface area contributed by atoms with E-state index in [0.29, 0.717) is 48.5 Å². The number of hydrogen-bond acceptors (Lipinski definition) is 9. The molecule has 0 spiro atoms. The van der Waals surface area contributed by atoms with Gasteiger partial charge in [-0.2, -0.15) is 13.2 Å². The van der Waals surface area contributed by atoms with Gasteiger partial charge < -0.3 is 24.2 Å². The van der Waals surface area contributed by atoms with Crippen molar-refractivity contribution in [3.05, 3.63) is 60.8 Å². The van der Waals surface area contributed by atoms with Crippen molar-refractivity contribution in [2.24, 2.45) is 0 Å². The van der Waals surface area contributed by atoms with Gasteiger partial charge in [0.25, 0.3) is 0 Å². The second-order valence-corrected chi connectivity index (χ2v) is 11.4.